The third kappa shape index (κ3) is 2.34. The summed E-state index contributed by atoms with van der Waals surface area (Å²) in [4.78, 5) is 0. The largest absolute Gasteiger partial charge is 0.496 e. The zero-order chi connectivity index (χ0) is 12.4. The number of ether oxygens (including phenoxy) is 1. The van der Waals surface area contributed by atoms with Gasteiger partial charge in [-0.2, -0.15) is 0 Å². The zero-order valence-corrected chi connectivity index (χ0v) is 9.96. The molecule has 2 aromatic rings. The number of hydrogen-bond donors (Lipinski definition) is 1. The van der Waals surface area contributed by atoms with Crippen LogP contribution in [0, 0.1) is 5.82 Å². The van der Waals surface area contributed by atoms with Crippen molar-refractivity contribution < 1.29 is 9.13 Å². The van der Waals surface area contributed by atoms with Crippen LogP contribution in [0.25, 0.3) is 11.1 Å². The second-order valence-electron chi connectivity index (χ2n) is 3.58. The van der Waals surface area contributed by atoms with Crippen molar-refractivity contribution in [3.8, 4) is 16.9 Å². The van der Waals surface area contributed by atoms with Crippen molar-refractivity contribution in [3.05, 3.63) is 47.2 Å². The van der Waals surface area contributed by atoms with Crippen LogP contribution in [-0.4, -0.2) is 7.11 Å². The highest BCUT2D eigenvalue weighted by atomic mass is 35.5. The Morgan fingerprint density at radius 3 is 2.59 bits per heavy atom. The molecule has 0 amide bonds. The maximum Gasteiger partial charge on any atom is 0.146 e. The van der Waals surface area contributed by atoms with Crippen molar-refractivity contribution in [2.24, 2.45) is 0 Å². The maximum atomic E-state index is 13.4. The van der Waals surface area contributed by atoms with Crippen LogP contribution in [0.1, 0.15) is 0 Å². The fourth-order valence-corrected chi connectivity index (χ4v) is 1.77. The number of rotatable bonds is 2. The monoisotopic (exact) mass is 251 g/mol. The summed E-state index contributed by atoms with van der Waals surface area (Å²) in [6, 6.07) is 9.80. The van der Waals surface area contributed by atoms with E-state index in [2.05, 4.69) is 0 Å². The van der Waals surface area contributed by atoms with Gasteiger partial charge >= 0.3 is 0 Å². The van der Waals surface area contributed by atoms with Gasteiger partial charge in [0.2, 0.25) is 0 Å². The highest BCUT2D eigenvalue weighted by Crippen LogP contribution is 2.33. The van der Waals surface area contributed by atoms with E-state index in [1.54, 1.807) is 31.4 Å². The molecule has 4 heteroatoms. The molecule has 17 heavy (non-hydrogen) atoms. The van der Waals surface area contributed by atoms with E-state index in [0.29, 0.717) is 16.3 Å². The van der Waals surface area contributed by atoms with Crippen molar-refractivity contribution in [2.45, 2.75) is 0 Å². The second kappa shape index (κ2) is 4.63. The van der Waals surface area contributed by atoms with Crippen molar-refractivity contribution in [3.63, 3.8) is 0 Å². The Morgan fingerprint density at radius 2 is 1.94 bits per heavy atom. The molecule has 0 bridgehead atoms. The van der Waals surface area contributed by atoms with Gasteiger partial charge in [0.1, 0.15) is 11.6 Å². The minimum absolute atomic E-state index is 0.120. The molecule has 0 heterocycles. The van der Waals surface area contributed by atoms with Crippen LogP contribution in [0.2, 0.25) is 5.02 Å². The standard InChI is InChI=1S/C13H11ClFNO/c1-17-13-5-3-9(14)7-10(13)8-2-4-12(16)11(15)6-8/h2-7H,16H2,1H3. The molecule has 0 aliphatic heterocycles. The third-order valence-corrected chi connectivity index (χ3v) is 2.71. The number of halogens is 2. The van der Waals surface area contributed by atoms with Crippen LogP contribution in [-0.2, 0) is 0 Å². The summed E-state index contributed by atoms with van der Waals surface area (Å²) in [6.07, 6.45) is 0. The molecule has 2 aromatic carbocycles. The van der Waals surface area contributed by atoms with Gasteiger partial charge in [-0.1, -0.05) is 17.7 Å². The minimum Gasteiger partial charge on any atom is -0.496 e. The Labute approximate surface area is 104 Å². The Hall–Kier alpha value is -1.74. The average molecular weight is 252 g/mol. The van der Waals surface area contributed by atoms with Gasteiger partial charge in [-0.3, -0.25) is 0 Å². The summed E-state index contributed by atoms with van der Waals surface area (Å²) in [5.74, 6) is 0.183. The van der Waals surface area contributed by atoms with E-state index in [4.69, 9.17) is 22.1 Å². The van der Waals surface area contributed by atoms with E-state index < -0.39 is 5.82 Å². The molecule has 0 spiro atoms. The lowest BCUT2D eigenvalue weighted by Crippen LogP contribution is -1.92. The fraction of sp³-hybridized carbons (Fsp3) is 0.0769. The second-order valence-corrected chi connectivity index (χ2v) is 4.02. The van der Waals surface area contributed by atoms with Crippen LogP contribution in [0.5, 0.6) is 5.75 Å². The molecule has 0 aromatic heterocycles. The fourth-order valence-electron chi connectivity index (χ4n) is 1.60. The predicted molar refractivity (Wildman–Crippen MR) is 67.8 cm³/mol. The number of anilines is 1. The number of methoxy groups -OCH3 is 1. The molecule has 0 unspecified atom stereocenters. The van der Waals surface area contributed by atoms with E-state index >= 15 is 0 Å². The quantitative estimate of drug-likeness (QED) is 0.826. The average Bonchev–Trinajstić information content (AvgIpc) is 2.32. The van der Waals surface area contributed by atoms with Gasteiger partial charge in [0, 0.05) is 10.6 Å². The zero-order valence-electron chi connectivity index (χ0n) is 9.21. The lowest BCUT2D eigenvalue weighted by molar-refractivity contribution is 0.416. The number of hydrogen-bond acceptors (Lipinski definition) is 2. The SMILES string of the molecule is COc1ccc(Cl)cc1-c1ccc(N)c(F)c1. The first kappa shape index (κ1) is 11.7. The van der Waals surface area contributed by atoms with E-state index in [0.717, 1.165) is 5.56 Å². The van der Waals surface area contributed by atoms with Gasteiger partial charge in [0.15, 0.2) is 0 Å². The van der Waals surface area contributed by atoms with Crippen molar-refractivity contribution >= 4 is 17.3 Å². The lowest BCUT2D eigenvalue weighted by atomic mass is 10.0. The summed E-state index contributed by atoms with van der Waals surface area (Å²) in [7, 11) is 1.56. The Balaban J connectivity index is 2.58. The molecule has 0 aliphatic rings. The van der Waals surface area contributed by atoms with Crippen LogP contribution in [0.4, 0.5) is 10.1 Å². The van der Waals surface area contributed by atoms with E-state index in [1.165, 1.54) is 12.1 Å². The van der Waals surface area contributed by atoms with E-state index in [9.17, 15) is 4.39 Å². The molecule has 2 N–H and O–H groups in total. The number of benzene rings is 2. The smallest absolute Gasteiger partial charge is 0.146 e. The molecule has 0 saturated carbocycles. The summed E-state index contributed by atoms with van der Waals surface area (Å²) in [6.45, 7) is 0. The Morgan fingerprint density at radius 1 is 1.18 bits per heavy atom. The normalized spacial score (nSPS) is 10.3. The van der Waals surface area contributed by atoms with Crippen molar-refractivity contribution in [1.82, 2.24) is 0 Å². The molecule has 0 radical (unpaired) electrons. The van der Waals surface area contributed by atoms with Crippen LogP contribution >= 0.6 is 11.6 Å². The Bertz CT molecular complexity index is 557. The van der Waals surface area contributed by atoms with Gasteiger partial charge in [0.25, 0.3) is 0 Å². The summed E-state index contributed by atoms with van der Waals surface area (Å²) < 4.78 is 18.6. The van der Waals surface area contributed by atoms with Gasteiger partial charge in [-0.05, 0) is 35.9 Å². The topological polar surface area (TPSA) is 35.2 Å². The van der Waals surface area contributed by atoms with Crippen molar-refractivity contribution in [1.29, 1.82) is 0 Å². The van der Waals surface area contributed by atoms with E-state index in [-0.39, 0.29) is 5.69 Å². The van der Waals surface area contributed by atoms with Gasteiger partial charge in [-0.25, -0.2) is 4.39 Å². The number of nitrogens with two attached hydrogens (primary N) is 1. The molecule has 2 rings (SSSR count). The van der Waals surface area contributed by atoms with Gasteiger partial charge in [-0.15, -0.1) is 0 Å². The van der Waals surface area contributed by atoms with Crippen LogP contribution in [0.15, 0.2) is 36.4 Å². The van der Waals surface area contributed by atoms with Crippen LogP contribution in [0.3, 0.4) is 0 Å². The maximum absolute atomic E-state index is 13.4. The summed E-state index contributed by atoms with van der Waals surface area (Å²) in [5, 5.41) is 0.568. The molecule has 0 fully saturated rings. The number of nitrogen functional groups attached to an aromatic ring is 1. The minimum atomic E-state index is -0.454. The van der Waals surface area contributed by atoms with E-state index in [1.807, 2.05) is 0 Å². The molecule has 0 aliphatic carbocycles. The van der Waals surface area contributed by atoms with Crippen molar-refractivity contribution in [2.75, 3.05) is 12.8 Å². The highest BCUT2D eigenvalue weighted by molar-refractivity contribution is 6.31. The molecule has 0 atom stereocenters. The third-order valence-electron chi connectivity index (χ3n) is 2.47. The molecular weight excluding hydrogens is 241 g/mol. The molecule has 88 valence electrons. The lowest BCUT2D eigenvalue weighted by Gasteiger charge is -2.09. The van der Waals surface area contributed by atoms with Crippen LogP contribution < -0.4 is 10.5 Å². The van der Waals surface area contributed by atoms with Gasteiger partial charge < -0.3 is 10.5 Å². The van der Waals surface area contributed by atoms with Gasteiger partial charge in [0.05, 0.1) is 12.8 Å². The summed E-state index contributed by atoms with van der Waals surface area (Å²) in [5.41, 5.74) is 6.97. The molecule has 0 saturated heterocycles. The predicted octanol–water partition coefficient (Wildman–Crippen LogP) is 3.74. The first-order valence-electron chi connectivity index (χ1n) is 5.01. The first-order valence-corrected chi connectivity index (χ1v) is 5.38. The first-order chi connectivity index (χ1) is 8.11. The Kier molecular flexibility index (Phi) is 3.20. The molecule has 2 nitrogen and oxygen atoms in total. The molecular formula is C13H11ClFNO. The summed E-state index contributed by atoms with van der Waals surface area (Å²) >= 11 is 5.92. The highest BCUT2D eigenvalue weighted by Gasteiger charge is 2.08.